The van der Waals surface area contributed by atoms with Gasteiger partial charge in [0.1, 0.15) is 5.82 Å². The minimum Gasteiger partial charge on any atom is -0.373 e. The fourth-order valence-corrected chi connectivity index (χ4v) is 2.53. The quantitative estimate of drug-likeness (QED) is 0.757. The zero-order valence-electron chi connectivity index (χ0n) is 15.1. The van der Waals surface area contributed by atoms with Crippen molar-refractivity contribution >= 4 is 23.7 Å². The lowest BCUT2D eigenvalue weighted by atomic mass is 10.2. The van der Waals surface area contributed by atoms with E-state index in [1.807, 2.05) is 32.2 Å². The van der Waals surface area contributed by atoms with Crippen LogP contribution in [0.5, 0.6) is 0 Å². The molecule has 0 radical (unpaired) electrons. The Morgan fingerprint density at radius 2 is 2.00 bits per heavy atom. The first-order valence-corrected chi connectivity index (χ1v) is 8.61. The molecule has 0 unspecified atom stereocenters. The first-order chi connectivity index (χ1) is 11.2. The van der Waals surface area contributed by atoms with Gasteiger partial charge in [-0.1, -0.05) is 51.2 Å². The van der Waals surface area contributed by atoms with Gasteiger partial charge >= 0.3 is 0 Å². The first-order valence-electron chi connectivity index (χ1n) is 8.61. The molecule has 0 aliphatic carbocycles. The monoisotopic (exact) mass is 313 g/mol. The van der Waals surface area contributed by atoms with Gasteiger partial charge < -0.3 is 10.2 Å². The Hall–Kier alpha value is -2.03. The van der Waals surface area contributed by atoms with Crippen LogP contribution in [0.15, 0.2) is 30.9 Å². The summed E-state index contributed by atoms with van der Waals surface area (Å²) in [5, 5.41) is 5.30. The third-order valence-electron chi connectivity index (χ3n) is 3.67. The van der Waals surface area contributed by atoms with Crippen molar-refractivity contribution in [2.24, 2.45) is 0 Å². The average molecular weight is 313 g/mol. The highest BCUT2D eigenvalue weighted by Crippen LogP contribution is 2.13. The summed E-state index contributed by atoms with van der Waals surface area (Å²) in [6, 6.07) is 2.15. The van der Waals surface area contributed by atoms with Crippen molar-refractivity contribution in [1.82, 2.24) is 4.98 Å². The first kappa shape index (κ1) is 19.0. The standard InChI is InChI=1S/C20H31N3/c1-6-10-13-18-17(12-8-3)19(16-20(21-5)22-18)23(14-9-4)15-11-7-2/h6,8,10,12-13,16H,3,7,9,11,14-15H2,1-2,4-5H3,(H,21,22)/b10-6-,17-12+,18-13+. The summed E-state index contributed by atoms with van der Waals surface area (Å²) in [4.78, 5) is 7.17. The Balaban J connectivity index is 3.59. The van der Waals surface area contributed by atoms with Crippen LogP contribution < -0.4 is 20.8 Å². The van der Waals surface area contributed by atoms with Crippen molar-refractivity contribution in [3.8, 4) is 0 Å². The average Bonchev–Trinajstić information content (AvgIpc) is 2.57. The van der Waals surface area contributed by atoms with E-state index in [-0.39, 0.29) is 0 Å². The third kappa shape index (κ3) is 5.59. The number of hydrogen-bond donors (Lipinski definition) is 1. The Morgan fingerprint density at radius 1 is 1.22 bits per heavy atom. The Kier molecular flexibility index (Phi) is 8.81. The van der Waals surface area contributed by atoms with Gasteiger partial charge in [-0.3, -0.25) is 0 Å². The molecule has 0 saturated carbocycles. The molecular formula is C20H31N3. The Bertz CT molecular complexity index is 629. The van der Waals surface area contributed by atoms with E-state index < -0.39 is 0 Å². The van der Waals surface area contributed by atoms with E-state index in [2.05, 4.69) is 48.9 Å². The van der Waals surface area contributed by atoms with Gasteiger partial charge in [-0.2, -0.15) is 0 Å². The number of anilines is 2. The van der Waals surface area contributed by atoms with E-state index >= 15 is 0 Å². The second-order valence-electron chi connectivity index (χ2n) is 5.51. The smallest absolute Gasteiger partial charge is 0.128 e. The van der Waals surface area contributed by atoms with Crippen molar-refractivity contribution in [1.29, 1.82) is 0 Å². The number of aromatic nitrogens is 1. The van der Waals surface area contributed by atoms with Crippen LogP contribution in [0.4, 0.5) is 11.5 Å². The van der Waals surface area contributed by atoms with E-state index in [0.29, 0.717) is 0 Å². The Labute approximate surface area is 141 Å². The van der Waals surface area contributed by atoms with Crippen molar-refractivity contribution in [3.63, 3.8) is 0 Å². The lowest BCUT2D eigenvalue weighted by molar-refractivity contribution is 0.702. The lowest BCUT2D eigenvalue weighted by Crippen LogP contribution is -2.38. The summed E-state index contributed by atoms with van der Waals surface area (Å²) < 4.78 is 0. The van der Waals surface area contributed by atoms with Gasteiger partial charge in [0, 0.05) is 37.1 Å². The highest BCUT2D eigenvalue weighted by Gasteiger charge is 2.09. The minimum absolute atomic E-state index is 0.898. The summed E-state index contributed by atoms with van der Waals surface area (Å²) in [7, 11) is 1.92. The SMILES string of the molecule is C=C/C=c1/c(N(CCC)CCCC)cc(NC)n/c1=C/C=C\C. The predicted octanol–water partition coefficient (Wildman–Crippen LogP) is 3.46. The van der Waals surface area contributed by atoms with Gasteiger partial charge in [0.15, 0.2) is 0 Å². The van der Waals surface area contributed by atoms with E-state index in [4.69, 9.17) is 4.98 Å². The molecule has 3 nitrogen and oxygen atoms in total. The van der Waals surface area contributed by atoms with Crippen LogP contribution in [0.2, 0.25) is 0 Å². The van der Waals surface area contributed by atoms with Crippen LogP contribution in [0, 0.1) is 0 Å². The minimum atomic E-state index is 0.898. The second-order valence-corrected chi connectivity index (χ2v) is 5.51. The van der Waals surface area contributed by atoms with Crippen molar-refractivity contribution in [2.75, 3.05) is 30.4 Å². The van der Waals surface area contributed by atoms with Crippen LogP contribution in [-0.4, -0.2) is 25.1 Å². The van der Waals surface area contributed by atoms with E-state index in [1.165, 1.54) is 18.5 Å². The molecule has 0 fully saturated rings. The summed E-state index contributed by atoms with van der Waals surface area (Å²) in [6.45, 7) is 12.5. The summed E-state index contributed by atoms with van der Waals surface area (Å²) >= 11 is 0. The van der Waals surface area contributed by atoms with Crippen LogP contribution in [-0.2, 0) is 0 Å². The van der Waals surface area contributed by atoms with Gasteiger partial charge in [0.05, 0.1) is 5.35 Å². The van der Waals surface area contributed by atoms with Crippen molar-refractivity contribution < 1.29 is 0 Å². The van der Waals surface area contributed by atoms with Gasteiger partial charge in [-0.25, -0.2) is 4.98 Å². The summed E-state index contributed by atoms with van der Waals surface area (Å²) in [5.74, 6) is 0.898. The second kappa shape index (κ2) is 10.7. The number of hydrogen-bond acceptors (Lipinski definition) is 3. The third-order valence-corrected chi connectivity index (χ3v) is 3.67. The number of allylic oxidation sites excluding steroid dienone is 3. The molecule has 0 atom stereocenters. The van der Waals surface area contributed by atoms with Crippen LogP contribution in [0.1, 0.15) is 40.0 Å². The van der Waals surface area contributed by atoms with Crippen LogP contribution in [0.25, 0.3) is 12.2 Å². The van der Waals surface area contributed by atoms with Crippen LogP contribution in [0.3, 0.4) is 0 Å². The molecular weight excluding hydrogens is 282 g/mol. The summed E-state index contributed by atoms with van der Waals surface area (Å²) in [5.41, 5.74) is 1.23. The van der Waals surface area contributed by atoms with Gasteiger partial charge in [-0.05, 0) is 25.8 Å². The fraction of sp³-hybridized carbons (Fsp3) is 0.450. The number of pyridine rings is 1. The maximum atomic E-state index is 4.71. The molecule has 0 aliphatic heterocycles. The molecule has 0 bridgehead atoms. The van der Waals surface area contributed by atoms with Crippen LogP contribution >= 0.6 is 0 Å². The van der Waals surface area contributed by atoms with E-state index in [1.54, 1.807) is 0 Å². The van der Waals surface area contributed by atoms with Gasteiger partial charge in [-0.15, -0.1) is 0 Å². The van der Waals surface area contributed by atoms with E-state index in [9.17, 15) is 0 Å². The normalized spacial score (nSPS) is 12.9. The zero-order valence-corrected chi connectivity index (χ0v) is 15.1. The molecule has 126 valence electrons. The number of rotatable bonds is 9. The molecule has 3 heteroatoms. The fourth-order valence-electron chi connectivity index (χ4n) is 2.53. The molecule has 1 aromatic heterocycles. The molecule has 1 N–H and O–H groups in total. The molecule has 23 heavy (non-hydrogen) atoms. The maximum Gasteiger partial charge on any atom is 0.128 e. The van der Waals surface area contributed by atoms with Gasteiger partial charge in [0.25, 0.3) is 0 Å². The molecule has 0 aromatic carbocycles. The lowest BCUT2D eigenvalue weighted by Gasteiger charge is -2.25. The summed E-state index contributed by atoms with van der Waals surface area (Å²) in [6.07, 6.45) is 13.5. The van der Waals surface area contributed by atoms with Crippen molar-refractivity contribution in [3.05, 3.63) is 41.4 Å². The topological polar surface area (TPSA) is 28.2 Å². The number of nitrogens with one attached hydrogen (secondary N) is 1. The highest BCUT2D eigenvalue weighted by molar-refractivity contribution is 5.60. The number of nitrogens with zero attached hydrogens (tertiary/aromatic N) is 2. The Morgan fingerprint density at radius 3 is 2.57 bits per heavy atom. The molecule has 1 aromatic rings. The molecule has 0 spiro atoms. The molecule has 0 amide bonds. The highest BCUT2D eigenvalue weighted by atomic mass is 15.1. The molecule has 1 rings (SSSR count). The largest absolute Gasteiger partial charge is 0.373 e. The molecule has 0 aliphatic rings. The maximum absolute atomic E-state index is 4.71. The molecule has 1 heterocycles. The molecule has 0 saturated heterocycles. The van der Waals surface area contributed by atoms with E-state index in [0.717, 1.165) is 35.9 Å². The predicted molar refractivity (Wildman–Crippen MR) is 104 cm³/mol. The van der Waals surface area contributed by atoms with Gasteiger partial charge in [0.2, 0.25) is 0 Å². The van der Waals surface area contributed by atoms with Crippen molar-refractivity contribution in [2.45, 2.75) is 40.0 Å². The number of unbranched alkanes of at least 4 members (excludes halogenated alkanes) is 1. The zero-order chi connectivity index (χ0) is 17.1.